The van der Waals surface area contributed by atoms with Gasteiger partial charge < -0.3 is 4.74 Å². The van der Waals surface area contributed by atoms with Crippen molar-refractivity contribution in [3.8, 4) is 0 Å². The van der Waals surface area contributed by atoms with Crippen molar-refractivity contribution in [3.63, 3.8) is 0 Å². The molecular weight excluding hydrogens is 568 g/mol. The van der Waals surface area contributed by atoms with Crippen molar-refractivity contribution in [3.05, 3.63) is 42.0 Å². The molecule has 5 saturated carbocycles. The molecule has 0 heterocycles. The fourth-order valence-electron chi connectivity index (χ4n) is 12.8. The highest BCUT2D eigenvalue weighted by molar-refractivity contribution is 7.86. The van der Waals surface area contributed by atoms with Crippen molar-refractivity contribution < 1.29 is 22.1 Å². The third-order valence-corrected chi connectivity index (χ3v) is 16.5. The van der Waals surface area contributed by atoms with Crippen LogP contribution < -0.4 is 0 Å². The molecule has 0 radical (unpaired) electrons. The van der Waals surface area contributed by atoms with Gasteiger partial charge in [-0.15, -0.1) is 0 Å². The number of aryl methyl sites for hydroxylation is 1. The molecule has 0 aliphatic heterocycles. The summed E-state index contributed by atoms with van der Waals surface area (Å²) >= 11 is 0. The normalized spacial score (nSPS) is 44.5. The van der Waals surface area contributed by atoms with Crippen molar-refractivity contribution in [1.29, 1.82) is 0 Å². The Labute approximate surface area is 267 Å². The summed E-state index contributed by atoms with van der Waals surface area (Å²) in [5.41, 5.74) is 2.02. The van der Waals surface area contributed by atoms with Crippen molar-refractivity contribution in [2.75, 3.05) is 7.11 Å². The predicted molar refractivity (Wildman–Crippen MR) is 174 cm³/mol. The summed E-state index contributed by atoms with van der Waals surface area (Å²) in [5.74, 6) is 2.12. The standard InChI is InChI=1S/C38H56O5S/c1-24(2)27-16-21-38(33(39)42-9)23-22-36(7)28(32(27)38)14-15-30-35(6)19-18-31(34(4,5)29(35)17-20-37(30,36)8)43-44(40,41)26-12-10-25(3)11-13-26/h10-13,27-32H,1,14-23H2,2-9H3/t27?,28?,29?,30?,31?,32?,35-,36+,37+,38?/m0/s1. The zero-order valence-electron chi connectivity index (χ0n) is 28.5. The molecule has 5 aliphatic carbocycles. The van der Waals surface area contributed by atoms with Gasteiger partial charge in [-0.25, -0.2) is 0 Å². The van der Waals surface area contributed by atoms with Gasteiger partial charge in [0.25, 0.3) is 10.1 Å². The van der Waals surface area contributed by atoms with Gasteiger partial charge in [0.1, 0.15) is 0 Å². The first-order chi connectivity index (χ1) is 20.5. The van der Waals surface area contributed by atoms with Crippen molar-refractivity contribution in [2.24, 2.45) is 56.7 Å². The molecule has 1 aromatic rings. The lowest BCUT2D eigenvalue weighted by molar-refractivity contribution is -0.246. The van der Waals surface area contributed by atoms with Crippen LogP contribution in [0.25, 0.3) is 0 Å². The SMILES string of the molecule is C=C(C)C1CCC2(C(=O)OC)CC[C@]3(C)C(CCC4[C@@]5(C)CCC(OS(=O)(=O)c6ccc(C)cc6)C(C)(C)C5CC[C@]43C)C12. The molecule has 10 atom stereocenters. The van der Waals surface area contributed by atoms with Crippen molar-refractivity contribution in [1.82, 2.24) is 0 Å². The predicted octanol–water partition coefficient (Wildman–Crippen LogP) is 8.90. The van der Waals surface area contributed by atoms with E-state index < -0.39 is 10.1 Å². The number of methoxy groups -OCH3 is 1. The maximum Gasteiger partial charge on any atom is 0.312 e. The number of fused-ring (bicyclic) bond motifs is 7. The minimum atomic E-state index is -3.85. The number of allylic oxidation sites excluding steroid dienone is 1. The van der Waals surface area contributed by atoms with E-state index in [1.54, 1.807) is 19.2 Å². The van der Waals surface area contributed by atoms with Crippen LogP contribution >= 0.6 is 0 Å². The van der Waals surface area contributed by atoms with E-state index in [4.69, 9.17) is 8.92 Å². The van der Waals surface area contributed by atoms with Gasteiger partial charge in [-0.1, -0.05) is 64.5 Å². The van der Waals surface area contributed by atoms with E-state index in [1.807, 2.05) is 19.1 Å². The minimum Gasteiger partial charge on any atom is -0.469 e. The summed E-state index contributed by atoms with van der Waals surface area (Å²) in [5, 5.41) is 0. The largest absolute Gasteiger partial charge is 0.469 e. The zero-order valence-corrected chi connectivity index (χ0v) is 29.3. The lowest BCUT2D eigenvalue weighted by Crippen LogP contribution is -2.67. The van der Waals surface area contributed by atoms with Crippen molar-refractivity contribution in [2.45, 2.75) is 124 Å². The summed E-state index contributed by atoms with van der Waals surface area (Å²) in [6.07, 6.45) is 9.90. The first-order valence-electron chi connectivity index (χ1n) is 17.2. The summed E-state index contributed by atoms with van der Waals surface area (Å²) in [6, 6.07) is 7.00. The number of ether oxygens (including phenoxy) is 1. The Kier molecular flexibility index (Phi) is 7.65. The van der Waals surface area contributed by atoms with E-state index in [9.17, 15) is 13.2 Å². The molecule has 0 spiro atoms. The lowest BCUT2D eigenvalue weighted by Gasteiger charge is -2.72. The minimum absolute atomic E-state index is 0.0110. The van der Waals surface area contributed by atoms with Gasteiger partial charge in [0, 0.05) is 0 Å². The third-order valence-electron chi connectivity index (χ3n) is 15.2. The molecule has 5 nitrogen and oxygen atoms in total. The molecule has 0 saturated heterocycles. The Balaban J connectivity index is 1.30. The van der Waals surface area contributed by atoms with Crippen LogP contribution in [0.1, 0.15) is 111 Å². The highest BCUT2D eigenvalue weighted by Crippen LogP contribution is 2.77. The van der Waals surface area contributed by atoms with Gasteiger partial charge in [-0.05, 0) is 141 Å². The number of benzene rings is 1. The topological polar surface area (TPSA) is 69.7 Å². The highest BCUT2D eigenvalue weighted by Gasteiger charge is 2.72. The molecule has 44 heavy (non-hydrogen) atoms. The number of hydrogen-bond donors (Lipinski definition) is 0. The van der Waals surface area contributed by atoms with Crippen LogP contribution in [-0.2, 0) is 23.8 Å². The molecule has 6 rings (SSSR count). The Morgan fingerprint density at radius 3 is 2.16 bits per heavy atom. The smallest absolute Gasteiger partial charge is 0.312 e. The molecule has 5 fully saturated rings. The van der Waals surface area contributed by atoms with Crippen LogP contribution in [0, 0.1) is 63.6 Å². The molecule has 0 aromatic heterocycles. The first-order valence-corrected chi connectivity index (χ1v) is 18.6. The van der Waals surface area contributed by atoms with E-state index >= 15 is 0 Å². The second kappa shape index (κ2) is 10.4. The van der Waals surface area contributed by atoms with E-state index in [1.165, 1.54) is 12.0 Å². The average Bonchev–Trinajstić information content (AvgIpc) is 3.36. The summed E-state index contributed by atoms with van der Waals surface area (Å²) in [7, 11) is -2.27. The van der Waals surface area contributed by atoms with Crippen LogP contribution in [0.5, 0.6) is 0 Å². The summed E-state index contributed by atoms with van der Waals surface area (Å²) in [4.78, 5) is 13.8. The number of hydrogen-bond acceptors (Lipinski definition) is 5. The highest BCUT2D eigenvalue weighted by atomic mass is 32.2. The second-order valence-corrected chi connectivity index (χ2v) is 18.6. The van der Waals surface area contributed by atoms with E-state index in [-0.39, 0.29) is 44.0 Å². The summed E-state index contributed by atoms with van der Waals surface area (Å²) < 4.78 is 38.5. The summed E-state index contributed by atoms with van der Waals surface area (Å²) in [6.45, 7) is 20.8. The van der Waals surface area contributed by atoms with Crippen molar-refractivity contribution >= 4 is 16.1 Å². The van der Waals surface area contributed by atoms with Gasteiger partial charge in [-0.3, -0.25) is 8.98 Å². The van der Waals surface area contributed by atoms with Crippen LogP contribution in [0.4, 0.5) is 0 Å². The Morgan fingerprint density at radius 2 is 1.52 bits per heavy atom. The average molecular weight is 625 g/mol. The molecule has 1 aromatic carbocycles. The maximum atomic E-state index is 13.5. The van der Waals surface area contributed by atoms with Gasteiger partial charge >= 0.3 is 5.97 Å². The number of esters is 1. The van der Waals surface area contributed by atoms with Crippen LogP contribution in [-0.4, -0.2) is 27.6 Å². The van der Waals surface area contributed by atoms with E-state index in [0.29, 0.717) is 29.6 Å². The van der Waals surface area contributed by atoms with Crippen LogP contribution in [0.3, 0.4) is 0 Å². The lowest BCUT2D eigenvalue weighted by atomic mass is 9.32. The number of rotatable bonds is 5. The van der Waals surface area contributed by atoms with Crippen LogP contribution in [0.2, 0.25) is 0 Å². The maximum absolute atomic E-state index is 13.5. The molecule has 0 bridgehead atoms. The Hall–Kier alpha value is -1.66. The Morgan fingerprint density at radius 1 is 0.841 bits per heavy atom. The fraction of sp³-hybridized carbons (Fsp3) is 0.763. The van der Waals surface area contributed by atoms with Gasteiger partial charge in [0.05, 0.1) is 23.5 Å². The van der Waals surface area contributed by atoms with Gasteiger partial charge in [-0.2, -0.15) is 8.42 Å². The first kappa shape index (κ1) is 32.3. The van der Waals surface area contributed by atoms with Gasteiger partial charge in [0.2, 0.25) is 0 Å². The second-order valence-electron chi connectivity index (χ2n) is 17.0. The third kappa shape index (κ3) is 4.31. The monoisotopic (exact) mass is 624 g/mol. The molecule has 6 heteroatoms. The molecule has 0 N–H and O–H groups in total. The van der Waals surface area contributed by atoms with Crippen LogP contribution in [0.15, 0.2) is 41.3 Å². The quantitative estimate of drug-likeness (QED) is 0.186. The molecule has 5 aliphatic rings. The molecular formula is C38H56O5S. The number of carbonyl (C=O) groups excluding carboxylic acids is 1. The van der Waals surface area contributed by atoms with E-state index in [0.717, 1.165) is 63.4 Å². The molecule has 0 amide bonds. The zero-order chi connectivity index (χ0) is 32.1. The Bertz CT molecular complexity index is 1430. The van der Waals surface area contributed by atoms with E-state index in [2.05, 4.69) is 48.1 Å². The molecule has 7 unspecified atom stereocenters. The van der Waals surface area contributed by atoms with Gasteiger partial charge in [0.15, 0.2) is 0 Å². The number of carbonyl (C=O) groups is 1. The molecule has 244 valence electrons. The fourth-order valence-corrected chi connectivity index (χ4v) is 14.0.